The molecule has 0 bridgehead atoms. The van der Waals surface area contributed by atoms with Gasteiger partial charge in [0.05, 0.1) is 6.10 Å². The molecule has 2 heterocycles. The fourth-order valence-electron chi connectivity index (χ4n) is 3.10. The highest BCUT2D eigenvalue weighted by Gasteiger charge is 2.32. The maximum atomic E-state index is 12.0. The lowest BCUT2D eigenvalue weighted by Crippen LogP contribution is -2.51. The van der Waals surface area contributed by atoms with Crippen LogP contribution in [-0.2, 0) is 16.1 Å². The summed E-state index contributed by atoms with van der Waals surface area (Å²) >= 11 is 0. The Morgan fingerprint density at radius 3 is 2.86 bits per heavy atom. The maximum absolute atomic E-state index is 12.0. The van der Waals surface area contributed by atoms with Gasteiger partial charge < -0.3 is 20.1 Å². The van der Waals surface area contributed by atoms with Gasteiger partial charge in [-0.3, -0.25) is 4.79 Å². The van der Waals surface area contributed by atoms with Crippen LogP contribution in [0.25, 0.3) is 0 Å². The van der Waals surface area contributed by atoms with E-state index in [-0.39, 0.29) is 24.4 Å². The molecule has 114 valence electrons. The SMILES string of the molecule is O=C1COC(C2CCCNC2)CN1Cc1ccc(O)cc1. The first-order valence-electron chi connectivity index (χ1n) is 7.60. The number of benzene rings is 1. The van der Waals surface area contributed by atoms with Gasteiger partial charge in [0.15, 0.2) is 0 Å². The number of nitrogens with one attached hydrogen (secondary N) is 1. The molecule has 5 heteroatoms. The first-order chi connectivity index (χ1) is 10.2. The van der Waals surface area contributed by atoms with Gasteiger partial charge in [0.25, 0.3) is 0 Å². The van der Waals surface area contributed by atoms with Gasteiger partial charge in [-0.25, -0.2) is 0 Å². The number of carbonyl (C=O) groups excluding carboxylic acids is 1. The fraction of sp³-hybridized carbons (Fsp3) is 0.562. The highest BCUT2D eigenvalue weighted by molar-refractivity contribution is 5.78. The quantitative estimate of drug-likeness (QED) is 0.876. The van der Waals surface area contributed by atoms with Gasteiger partial charge in [0, 0.05) is 19.6 Å². The van der Waals surface area contributed by atoms with E-state index in [1.54, 1.807) is 12.1 Å². The third-order valence-corrected chi connectivity index (χ3v) is 4.34. The molecule has 0 aliphatic carbocycles. The number of ether oxygens (including phenoxy) is 1. The summed E-state index contributed by atoms with van der Waals surface area (Å²) in [4.78, 5) is 13.9. The van der Waals surface area contributed by atoms with Crippen LogP contribution in [0.3, 0.4) is 0 Å². The molecule has 2 saturated heterocycles. The first kappa shape index (κ1) is 14.4. The van der Waals surface area contributed by atoms with Crippen LogP contribution in [-0.4, -0.2) is 48.3 Å². The number of piperidine rings is 1. The summed E-state index contributed by atoms with van der Waals surface area (Å²) in [5, 5.41) is 12.7. The van der Waals surface area contributed by atoms with E-state index in [0.717, 1.165) is 18.7 Å². The zero-order valence-electron chi connectivity index (χ0n) is 12.1. The van der Waals surface area contributed by atoms with Crippen LogP contribution in [0.2, 0.25) is 0 Å². The lowest BCUT2D eigenvalue weighted by Gasteiger charge is -2.38. The molecule has 1 aromatic rings. The van der Waals surface area contributed by atoms with Crippen molar-refractivity contribution in [2.75, 3.05) is 26.2 Å². The number of carbonyl (C=O) groups is 1. The van der Waals surface area contributed by atoms with Gasteiger partial charge in [-0.15, -0.1) is 0 Å². The van der Waals surface area contributed by atoms with Gasteiger partial charge in [-0.1, -0.05) is 12.1 Å². The topological polar surface area (TPSA) is 61.8 Å². The largest absolute Gasteiger partial charge is 0.508 e. The minimum absolute atomic E-state index is 0.0445. The van der Waals surface area contributed by atoms with Crippen molar-refractivity contribution in [3.05, 3.63) is 29.8 Å². The van der Waals surface area contributed by atoms with Crippen molar-refractivity contribution >= 4 is 5.91 Å². The van der Waals surface area contributed by atoms with Crippen molar-refractivity contribution in [2.45, 2.75) is 25.5 Å². The van der Waals surface area contributed by atoms with Crippen LogP contribution in [0.5, 0.6) is 5.75 Å². The monoisotopic (exact) mass is 290 g/mol. The molecule has 2 atom stereocenters. The number of amides is 1. The summed E-state index contributed by atoms with van der Waals surface area (Å²) in [7, 11) is 0. The molecule has 5 nitrogen and oxygen atoms in total. The number of phenols is 1. The van der Waals surface area contributed by atoms with E-state index < -0.39 is 0 Å². The number of phenolic OH excluding ortho intramolecular Hbond substituents is 1. The average Bonchev–Trinajstić information content (AvgIpc) is 2.52. The predicted octanol–water partition coefficient (Wildman–Crippen LogP) is 1.12. The lowest BCUT2D eigenvalue weighted by atomic mass is 9.92. The van der Waals surface area contributed by atoms with Crippen molar-refractivity contribution in [1.82, 2.24) is 10.2 Å². The first-order valence-corrected chi connectivity index (χ1v) is 7.60. The maximum Gasteiger partial charge on any atom is 0.248 e. The summed E-state index contributed by atoms with van der Waals surface area (Å²) in [6.45, 7) is 3.48. The molecule has 2 N–H and O–H groups in total. The zero-order valence-corrected chi connectivity index (χ0v) is 12.1. The second-order valence-corrected chi connectivity index (χ2v) is 5.90. The molecule has 0 aromatic heterocycles. The van der Waals surface area contributed by atoms with Crippen molar-refractivity contribution in [3.8, 4) is 5.75 Å². The van der Waals surface area contributed by atoms with Gasteiger partial charge in [-0.05, 0) is 43.0 Å². The van der Waals surface area contributed by atoms with Crippen LogP contribution < -0.4 is 5.32 Å². The summed E-state index contributed by atoms with van der Waals surface area (Å²) < 4.78 is 5.75. The second-order valence-electron chi connectivity index (χ2n) is 5.90. The number of rotatable bonds is 3. The van der Waals surface area contributed by atoms with Crippen LogP contribution >= 0.6 is 0 Å². The van der Waals surface area contributed by atoms with E-state index >= 15 is 0 Å². The molecule has 21 heavy (non-hydrogen) atoms. The highest BCUT2D eigenvalue weighted by Crippen LogP contribution is 2.22. The third kappa shape index (κ3) is 3.54. The summed E-state index contributed by atoms with van der Waals surface area (Å²) in [5.74, 6) is 0.787. The standard InChI is InChI=1S/C16H22N2O3/c19-14-5-3-12(4-6-14)9-18-10-15(21-11-16(18)20)13-2-1-7-17-8-13/h3-6,13,15,17,19H,1-2,7-11H2. The highest BCUT2D eigenvalue weighted by atomic mass is 16.5. The molecular weight excluding hydrogens is 268 g/mol. The molecule has 1 aromatic carbocycles. The number of hydrogen-bond acceptors (Lipinski definition) is 4. The fourth-order valence-corrected chi connectivity index (χ4v) is 3.10. The molecule has 2 aliphatic rings. The van der Waals surface area contributed by atoms with E-state index in [9.17, 15) is 9.90 Å². The Hall–Kier alpha value is -1.59. The molecule has 3 rings (SSSR count). The van der Waals surface area contributed by atoms with Gasteiger partial charge >= 0.3 is 0 Å². The molecular formula is C16H22N2O3. The van der Waals surface area contributed by atoms with E-state index in [2.05, 4.69) is 5.32 Å². The van der Waals surface area contributed by atoms with E-state index in [0.29, 0.717) is 19.0 Å². The average molecular weight is 290 g/mol. The van der Waals surface area contributed by atoms with E-state index in [4.69, 9.17) is 4.74 Å². The number of morpholine rings is 1. The Morgan fingerprint density at radius 2 is 2.14 bits per heavy atom. The second kappa shape index (κ2) is 6.45. The minimum Gasteiger partial charge on any atom is -0.508 e. The Labute approximate surface area is 124 Å². The molecule has 0 saturated carbocycles. The Balaban J connectivity index is 1.62. The van der Waals surface area contributed by atoms with Crippen molar-refractivity contribution in [1.29, 1.82) is 0 Å². The van der Waals surface area contributed by atoms with Gasteiger partial charge in [0.1, 0.15) is 12.4 Å². The van der Waals surface area contributed by atoms with Crippen LogP contribution in [0.1, 0.15) is 18.4 Å². The minimum atomic E-state index is 0.0445. The summed E-state index contributed by atoms with van der Waals surface area (Å²) in [6.07, 6.45) is 2.47. The van der Waals surface area contributed by atoms with Gasteiger partial charge in [-0.2, -0.15) is 0 Å². The molecule has 0 spiro atoms. The van der Waals surface area contributed by atoms with Crippen LogP contribution in [0.4, 0.5) is 0 Å². The molecule has 1 amide bonds. The molecule has 0 radical (unpaired) electrons. The van der Waals surface area contributed by atoms with Crippen molar-refractivity contribution in [2.24, 2.45) is 5.92 Å². The normalized spacial score (nSPS) is 26.9. The Kier molecular flexibility index (Phi) is 4.41. The summed E-state index contributed by atoms with van der Waals surface area (Å²) in [5.41, 5.74) is 1.03. The van der Waals surface area contributed by atoms with Crippen molar-refractivity contribution < 1.29 is 14.6 Å². The van der Waals surface area contributed by atoms with Crippen molar-refractivity contribution in [3.63, 3.8) is 0 Å². The third-order valence-electron chi connectivity index (χ3n) is 4.34. The predicted molar refractivity (Wildman–Crippen MR) is 78.9 cm³/mol. The molecule has 2 fully saturated rings. The van der Waals surface area contributed by atoms with Crippen LogP contribution in [0, 0.1) is 5.92 Å². The van der Waals surface area contributed by atoms with Crippen LogP contribution in [0.15, 0.2) is 24.3 Å². The number of aromatic hydroxyl groups is 1. The molecule has 2 unspecified atom stereocenters. The Morgan fingerprint density at radius 1 is 1.33 bits per heavy atom. The Bertz CT molecular complexity index is 483. The van der Waals surface area contributed by atoms with Gasteiger partial charge in [0.2, 0.25) is 5.91 Å². The molecule has 2 aliphatic heterocycles. The smallest absolute Gasteiger partial charge is 0.248 e. The van der Waals surface area contributed by atoms with E-state index in [1.807, 2.05) is 17.0 Å². The summed E-state index contributed by atoms with van der Waals surface area (Å²) in [6, 6.07) is 7.02. The number of hydrogen-bond donors (Lipinski definition) is 2. The van der Waals surface area contributed by atoms with E-state index in [1.165, 1.54) is 12.8 Å². The lowest BCUT2D eigenvalue weighted by molar-refractivity contribution is -0.153. The zero-order chi connectivity index (χ0) is 14.7. The number of nitrogens with zero attached hydrogens (tertiary/aromatic N) is 1.